The number of halogens is 4. The predicted molar refractivity (Wildman–Crippen MR) is 72.2 cm³/mol. The highest BCUT2D eigenvalue weighted by Gasteiger charge is 2.47. The van der Waals surface area contributed by atoms with Crippen molar-refractivity contribution in [3.63, 3.8) is 0 Å². The molecule has 1 aromatic rings. The van der Waals surface area contributed by atoms with Crippen LogP contribution in [0.1, 0.15) is 23.2 Å². The topological polar surface area (TPSA) is 46.3 Å². The lowest BCUT2D eigenvalue weighted by Crippen LogP contribution is -2.56. The standard InChI is InChI=1S/C13H14BrF3N2O/c14-10-4-2-1-3-9(10)12(20)19-7-8(18)5-6-11(19)13(15,16)17/h1-4,8,11H,5-7,18H2/t8-,11+/m0/s1. The number of hydrogen-bond donors (Lipinski definition) is 1. The van der Waals surface area contributed by atoms with Crippen molar-refractivity contribution in [1.29, 1.82) is 0 Å². The molecule has 1 saturated heterocycles. The average Bonchev–Trinajstić information content (AvgIpc) is 2.37. The summed E-state index contributed by atoms with van der Waals surface area (Å²) in [6.45, 7) is -0.0790. The van der Waals surface area contributed by atoms with Crippen molar-refractivity contribution in [3.8, 4) is 0 Å². The number of benzene rings is 1. The number of carbonyl (C=O) groups is 1. The summed E-state index contributed by atoms with van der Waals surface area (Å²) in [5, 5.41) is 0. The molecule has 110 valence electrons. The minimum atomic E-state index is -4.43. The fraction of sp³-hybridized carbons (Fsp3) is 0.462. The Morgan fingerprint density at radius 3 is 2.55 bits per heavy atom. The number of hydrogen-bond acceptors (Lipinski definition) is 2. The van der Waals surface area contributed by atoms with Crippen molar-refractivity contribution in [3.05, 3.63) is 34.3 Å². The first-order valence-corrected chi connectivity index (χ1v) is 6.98. The molecule has 2 N–H and O–H groups in total. The van der Waals surface area contributed by atoms with Gasteiger partial charge in [0, 0.05) is 17.1 Å². The summed E-state index contributed by atoms with van der Waals surface area (Å²) in [6.07, 6.45) is -4.32. The molecular weight excluding hydrogens is 337 g/mol. The molecule has 1 amide bonds. The Balaban J connectivity index is 2.31. The van der Waals surface area contributed by atoms with Gasteiger partial charge in [0.2, 0.25) is 0 Å². The van der Waals surface area contributed by atoms with Gasteiger partial charge in [0.05, 0.1) is 5.56 Å². The van der Waals surface area contributed by atoms with E-state index in [9.17, 15) is 18.0 Å². The zero-order chi connectivity index (χ0) is 14.9. The molecular formula is C13H14BrF3N2O. The first-order chi connectivity index (χ1) is 9.30. The Kier molecular flexibility index (Phi) is 4.39. The van der Waals surface area contributed by atoms with Crippen molar-refractivity contribution in [2.75, 3.05) is 6.54 Å². The normalized spacial score (nSPS) is 23.8. The van der Waals surface area contributed by atoms with Crippen LogP contribution in [-0.4, -0.2) is 35.6 Å². The maximum atomic E-state index is 13.0. The maximum Gasteiger partial charge on any atom is 0.408 e. The number of carbonyl (C=O) groups excluding carboxylic acids is 1. The molecule has 2 atom stereocenters. The van der Waals surface area contributed by atoms with Gasteiger partial charge in [0.1, 0.15) is 6.04 Å². The quantitative estimate of drug-likeness (QED) is 0.846. The van der Waals surface area contributed by atoms with E-state index in [2.05, 4.69) is 15.9 Å². The largest absolute Gasteiger partial charge is 0.408 e. The number of likely N-dealkylation sites (tertiary alicyclic amines) is 1. The lowest BCUT2D eigenvalue weighted by Gasteiger charge is -2.39. The Morgan fingerprint density at radius 2 is 1.95 bits per heavy atom. The number of nitrogens with zero attached hydrogens (tertiary/aromatic N) is 1. The van der Waals surface area contributed by atoms with E-state index in [1.807, 2.05) is 0 Å². The molecule has 0 radical (unpaired) electrons. The van der Waals surface area contributed by atoms with Crippen LogP contribution in [0.4, 0.5) is 13.2 Å². The Bertz CT molecular complexity index is 507. The Hall–Kier alpha value is -1.08. The lowest BCUT2D eigenvalue weighted by molar-refractivity contribution is -0.184. The smallest absolute Gasteiger partial charge is 0.326 e. The zero-order valence-electron chi connectivity index (χ0n) is 10.5. The molecule has 2 rings (SSSR count). The van der Waals surface area contributed by atoms with Crippen molar-refractivity contribution in [2.24, 2.45) is 5.73 Å². The van der Waals surface area contributed by atoms with E-state index in [1.165, 1.54) is 6.07 Å². The fourth-order valence-corrected chi connectivity index (χ4v) is 2.81. The van der Waals surface area contributed by atoms with Crippen molar-refractivity contribution < 1.29 is 18.0 Å². The lowest BCUT2D eigenvalue weighted by atomic mass is 9.97. The second-order valence-corrected chi connectivity index (χ2v) is 5.69. The van der Waals surface area contributed by atoms with Crippen molar-refractivity contribution >= 4 is 21.8 Å². The van der Waals surface area contributed by atoms with Gasteiger partial charge in [-0.2, -0.15) is 13.2 Å². The van der Waals surface area contributed by atoms with Crippen molar-refractivity contribution in [2.45, 2.75) is 31.1 Å². The van der Waals surface area contributed by atoms with Crippen LogP contribution in [-0.2, 0) is 0 Å². The molecule has 1 fully saturated rings. The zero-order valence-corrected chi connectivity index (χ0v) is 12.1. The molecule has 0 aliphatic carbocycles. The molecule has 0 aromatic heterocycles. The monoisotopic (exact) mass is 350 g/mol. The highest BCUT2D eigenvalue weighted by molar-refractivity contribution is 9.10. The van der Waals surface area contributed by atoms with Crippen molar-refractivity contribution in [1.82, 2.24) is 4.90 Å². The second-order valence-electron chi connectivity index (χ2n) is 4.83. The number of amides is 1. The summed E-state index contributed by atoms with van der Waals surface area (Å²) < 4.78 is 39.6. The van der Waals surface area contributed by atoms with E-state index in [1.54, 1.807) is 18.2 Å². The van der Waals surface area contributed by atoms with E-state index < -0.39 is 24.2 Å². The third kappa shape index (κ3) is 3.15. The molecule has 0 bridgehead atoms. The number of piperidine rings is 1. The van der Waals surface area contributed by atoms with E-state index in [-0.39, 0.29) is 24.9 Å². The summed E-state index contributed by atoms with van der Waals surface area (Å²) in [5.41, 5.74) is 5.93. The minimum Gasteiger partial charge on any atom is -0.326 e. The van der Waals surface area contributed by atoms with Gasteiger partial charge < -0.3 is 10.6 Å². The van der Waals surface area contributed by atoms with Gasteiger partial charge >= 0.3 is 6.18 Å². The molecule has 1 heterocycles. The minimum absolute atomic E-state index is 0.0790. The molecule has 20 heavy (non-hydrogen) atoms. The average molecular weight is 351 g/mol. The summed E-state index contributed by atoms with van der Waals surface area (Å²) in [4.78, 5) is 13.2. The van der Waals surface area contributed by atoms with Crippen LogP contribution in [0.5, 0.6) is 0 Å². The van der Waals surface area contributed by atoms with Gasteiger partial charge in [-0.15, -0.1) is 0 Å². The third-order valence-electron chi connectivity index (χ3n) is 3.36. The molecule has 3 nitrogen and oxygen atoms in total. The Morgan fingerprint density at radius 1 is 1.30 bits per heavy atom. The summed E-state index contributed by atoms with van der Waals surface area (Å²) in [7, 11) is 0. The highest BCUT2D eigenvalue weighted by atomic mass is 79.9. The first-order valence-electron chi connectivity index (χ1n) is 6.18. The Labute approximate surface area is 123 Å². The molecule has 7 heteroatoms. The van der Waals surface area contributed by atoms with E-state index in [4.69, 9.17) is 5.73 Å². The van der Waals surface area contributed by atoms with Gasteiger partial charge in [-0.1, -0.05) is 12.1 Å². The molecule has 0 unspecified atom stereocenters. The van der Waals surface area contributed by atoms with Gasteiger partial charge in [0.25, 0.3) is 5.91 Å². The number of rotatable bonds is 1. The molecule has 0 saturated carbocycles. The van der Waals surface area contributed by atoms with E-state index in [0.717, 1.165) is 4.90 Å². The van der Waals surface area contributed by atoms with Gasteiger partial charge in [-0.25, -0.2) is 0 Å². The molecule has 0 spiro atoms. The highest BCUT2D eigenvalue weighted by Crippen LogP contribution is 2.33. The summed E-state index contributed by atoms with van der Waals surface area (Å²) >= 11 is 3.19. The van der Waals surface area contributed by atoms with E-state index >= 15 is 0 Å². The number of alkyl halides is 3. The van der Waals surface area contributed by atoms with Gasteiger partial charge in [-0.05, 0) is 40.9 Å². The summed E-state index contributed by atoms with van der Waals surface area (Å²) in [5.74, 6) is -0.644. The summed E-state index contributed by atoms with van der Waals surface area (Å²) in [6, 6.07) is 4.26. The molecule has 1 aromatic carbocycles. The van der Waals surface area contributed by atoms with Gasteiger partial charge in [-0.3, -0.25) is 4.79 Å². The fourth-order valence-electron chi connectivity index (χ4n) is 2.35. The molecule has 1 aliphatic heterocycles. The third-order valence-corrected chi connectivity index (χ3v) is 4.05. The maximum absolute atomic E-state index is 13.0. The first kappa shape index (κ1) is 15.3. The van der Waals surface area contributed by atoms with Gasteiger partial charge in [0.15, 0.2) is 0 Å². The van der Waals surface area contributed by atoms with Crippen LogP contribution in [0.15, 0.2) is 28.7 Å². The van der Waals surface area contributed by atoms with Crippen LogP contribution < -0.4 is 5.73 Å². The van der Waals surface area contributed by atoms with Crippen LogP contribution in [0.25, 0.3) is 0 Å². The van der Waals surface area contributed by atoms with Crippen LogP contribution in [0.3, 0.4) is 0 Å². The van der Waals surface area contributed by atoms with Crippen LogP contribution >= 0.6 is 15.9 Å². The number of nitrogens with two attached hydrogens (primary N) is 1. The predicted octanol–water partition coefficient (Wildman–Crippen LogP) is 2.94. The SMILES string of the molecule is N[C@H]1CC[C@H](C(F)(F)F)N(C(=O)c2ccccc2Br)C1. The van der Waals surface area contributed by atoms with Crippen LogP contribution in [0.2, 0.25) is 0 Å². The van der Waals surface area contributed by atoms with E-state index in [0.29, 0.717) is 4.47 Å². The molecule has 1 aliphatic rings. The second kappa shape index (κ2) is 5.73. The van der Waals surface area contributed by atoms with Crippen LogP contribution in [0, 0.1) is 0 Å².